The van der Waals surface area contributed by atoms with Gasteiger partial charge in [-0.15, -0.1) is 0 Å². The molecule has 1 unspecified atom stereocenters. The van der Waals surface area contributed by atoms with Crippen LogP contribution in [0.5, 0.6) is 0 Å². The molecule has 1 atom stereocenters. The van der Waals surface area contributed by atoms with Gasteiger partial charge in [-0.05, 0) is 23.6 Å². The van der Waals surface area contributed by atoms with E-state index in [1.807, 2.05) is 18.8 Å². The van der Waals surface area contributed by atoms with Crippen molar-refractivity contribution in [2.24, 2.45) is 0 Å². The Morgan fingerprint density at radius 3 is 3.06 bits per heavy atom. The fourth-order valence-electron chi connectivity index (χ4n) is 2.66. The van der Waals surface area contributed by atoms with E-state index in [1.54, 1.807) is 4.90 Å². The van der Waals surface area contributed by atoms with Crippen LogP contribution in [-0.4, -0.2) is 31.8 Å². The van der Waals surface area contributed by atoms with Crippen LogP contribution in [0.25, 0.3) is 0 Å². The molecule has 1 amide bonds. The summed E-state index contributed by atoms with van der Waals surface area (Å²) in [7, 11) is 1.87. The third-order valence-corrected chi connectivity index (χ3v) is 5.03. The molecule has 0 radical (unpaired) electrons. The summed E-state index contributed by atoms with van der Waals surface area (Å²) in [4.78, 5) is 13.4. The van der Waals surface area contributed by atoms with E-state index in [0.29, 0.717) is 11.7 Å². The highest BCUT2D eigenvalue weighted by atomic mass is 32.2. The molecule has 3 nitrogen and oxygen atoms in total. The summed E-state index contributed by atoms with van der Waals surface area (Å²) in [6, 6.07) is 6.58. The number of anilines is 1. The number of carbonyl (C=O) groups is 1. The predicted octanol–water partition coefficient (Wildman–Crippen LogP) is 1.97. The molecule has 2 heterocycles. The Morgan fingerprint density at radius 1 is 1.39 bits per heavy atom. The van der Waals surface area contributed by atoms with Gasteiger partial charge in [0.1, 0.15) is 0 Å². The van der Waals surface area contributed by atoms with Crippen LogP contribution >= 0.6 is 11.8 Å². The number of nitrogens with zero attached hydrogens (tertiary/aromatic N) is 1. The van der Waals surface area contributed by atoms with Crippen molar-refractivity contribution in [1.82, 2.24) is 5.32 Å². The minimum atomic E-state index is 0.226. The second-order valence-electron chi connectivity index (χ2n) is 4.90. The van der Waals surface area contributed by atoms with E-state index in [0.717, 1.165) is 25.2 Å². The van der Waals surface area contributed by atoms with Gasteiger partial charge in [-0.1, -0.05) is 12.1 Å². The maximum Gasteiger partial charge on any atom is 0.227 e. The molecular formula is C14H18N2OS. The average molecular weight is 262 g/mol. The fraction of sp³-hybridized carbons (Fsp3) is 0.500. The molecule has 0 saturated carbocycles. The SMILES string of the molecule is CN1C(=O)CCc2cc(C3CNCCS3)ccc21. The number of hydrogen-bond acceptors (Lipinski definition) is 3. The number of hydrogen-bond donors (Lipinski definition) is 1. The van der Waals surface area contributed by atoms with Crippen molar-refractivity contribution < 1.29 is 4.79 Å². The second kappa shape index (κ2) is 4.94. The molecule has 0 bridgehead atoms. The summed E-state index contributed by atoms with van der Waals surface area (Å²) in [6.45, 7) is 2.17. The molecule has 3 rings (SSSR count). The van der Waals surface area contributed by atoms with E-state index in [1.165, 1.54) is 16.9 Å². The third kappa shape index (κ3) is 2.15. The lowest BCUT2D eigenvalue weighted by molar-refractivity contribution is -0.118. The Labute approximate surface area is 112 Å². The molecule has 1 aromatic carbocycles. The number of amides is 1. The van der Waals surface area contributed by atoms with E-state index >= 15 is 0 Å². The lowest BCUT2D eigenvalue weighted by atomic mass is 9.98. The summed E-state index contributed by atoms with van der Waals surface area (Å²) in [5.41, 5.74) is 3.80. The average Bonchev–Trinajstić information content (AvgIpc) is 2.44. The molecule has 2 aliphatic rings. The van der Waals surface area contributed by atoms with Crippen molar-refractivity contribution in [3.63, 3.8) is 0 Å². The predicted molar refractivity (Wildman–Crippen MR) is 76.2 cm³/mol. The highest BCUT2D eigenvalue weighted by molar-refractivity contribution is 7.99. The van der Waals surface area contributed by atoms with Gasteiger partial charge in [0.05, 0.1) is 0 Å². The van der Waals surface area contributed by atoms with Crippen LogP contribution in [0.1, 0.15) is 22.8 Å². The molecule has 1 aromatic rings. The van der Waals surface area contributed by atoms with Crippen molar-refractivity contribution >= 4 is 23.4 Å². The quantitative estimate of drug-likeness (QED) is 0.840. The summed E-state index contributed by atoms with van der Waals surface area (Å²) in [5.74, 6) is 1.41. The topological polar surface area (TPSA) is 32.3 Å². The molecule has 1 N–H and O–H groups in total. The Bertz CT molecular complexity index is 469. The van der Waals surface area contributed by atoms with Crippen molar-refractivity contribution in [3.05, 3.63) is 29.3 Å². The Morgan fingerprint density at radius 2 is 2.28 bits per heavy atom. The minimum absolute atomic E-state index is 0.226. The van der Waals surface area contributed by atoms with Gasteiger partial charge in [0.15, 0.2) is 0 Å². The first-order chi connectivity index (χ1) is 8.75. The summed E-state index contributed by atoms with van der Waals surface area (Å²) in [5, 5.41) is 4.01. The smallest absolute Gasteiger partial charge is 0.227 e. The van der Waals surface area contributed by atoms with Gasteiger partial charge in [-0.25, -0.2) is 0 Å². The fourth-order valence-corrected chi connectivity index (χ4v) is 3.78. The van der Waals surface area contributed by atoms with Crippen LogP contribution in [0.4, 0.5) is 5.69 Å². The second-order valence-corrected chi connectivity index (χ2v) is 6.22. The number of thioether (sulfide) groups is 1. The van der Waals surface area contributed by atoms with Crippen molar-refractivity contribution in [2.45, 2.75) is 18.1 Å². The van der Waals surface area contributed by atoms with Gasteiger partial charge < -0.3 is 10.2 Å². The molecule has 4 heteroatoms. The van der Waals surface area contributed by atoms with Crippen molar-refractivity contribution in [2.75, 3.05) is 30.8 Å². The van der Waals surface area contributed by atoms with Gasteiger partial charge >= 0.3 is 0 Å². The lowest BCUT2D eigenvalue weighted by Crippen LogP contribution is -2.31. The number of rotatable bonds is 1. The van der Waals surface area contributed by atoms with Gasteiger partial charge in [0, 0.05) is 43.2 Å². The minimum Gasteiger partial charge on any atom is -0.315 e. The monoisotopic (exact) mass is 262 g/mol. The van der Waals surface area contributed by atoms with Gasteiger partial charge in [0.2, 0.25) is 5.91 Å². The van der Waals surface area contributed by atoms with E-state index in [-0.39, 0.29) is 5.91 Å². The highest BCUT2D eigenvalue weighted by Gasteiger charge is 2.23. The molecule has 0 aliphatic carbocycles. The molecule has 0 spiro atoms. The van der Waals surface area contributed by atoms with Crippen molar-refractivity contribution in [3.8, 4) is 0 Å². The first-order valence-electron chi connectivity index (χ1n) is 6.47. The van der Waals surface area contributed by atoms with Gasteiger partial charge in [-0.2, -0.15) is 11.8 Å². The van der Waals surface area contributed by atoms with Gasteiger partial charge in [0.25, 0.3) is 0 Å². The first kappa shape index (κ1) is 12.1. The lowest BCUT2D eigenvalue weighted by Gasteiger charge is -2.28. The Kier molecular flexibility index (Phi) is 3.31. The molecular weight excluding hydrogens is 244 g/mol. The molecule has 1 fully saturated rings. The van der Waals surface area contributed by atoms with Crippen LogP contribution in [0.15, 0.2) is 18.2 Å². The van der Waals surface area contributed by atoms with E-state index in [2.05, 4.69) is 23.5 Å². The number of benzene rings is 1. The first-order valence-corrected chi connectivity index (χ1v) is 7.52. The molecule has 18 heavy (non-hydrogen) atoms. The zero-order chi connectivity index (χ0) is 12.5. The van der Waals surface area contributed by atoms with Crippen LogP contribution in [0.2, 0.25) is 0 Å². The normalized spacial score (nSPS) is 23.9. The van der Waals surface area contributed by atoms with Crippen LogP contribution in [0, 0.1) is 0 Å². The summed E-state index contributed by atoms with van der Waals surface area (Å²) < 4.78 is 0. The van der Waals surface area contributed by atoms with E-state index in [9.17, 15) is 4.79 Å². The standard InChI is InChI=1S/C14H18N2OS/c1-16-12-4-2-11(13-9-15-6-7-18-13)8-10(12)3-5-14(16)17/h2,4,8,13,15H,3,5-7,9H2,1H3. The van der Waals surface area contributed by atoms with Crippen LogP contribution in [0.3, 0.4) is 0 Å². The van der Waals surface area contributed by atoms with Gasteiger partial charge in [-0.3, -0.25) is 4.79 Å². The van der Waals surface area contributed by atoms with Crippen molar-refractivity contribution in [1.29, 1.82) is 0 Å². The number of nitrogens with one attached hydrogen (secondary N) is 1. The zero-order valence-corrected chi connectivity index (χ0v) is 11.4. The largest absolute Gasteiger partial charge is 0.315 e. The Hall–Kier alpha value is -1.00. The van der Waals surface area contributed by atoms with E-state index in [4.69, 9.17) is 0 Å². The maximum absolute atomic E-state index is 11.7. The van der Waals surface area contributed by atoms with Crippen LogP contribution in [-0.2, 0) is 11.2 Å². The number of aryl methyl sites for hydroxylation is 1. The number of carbonyl (C=O) groups excluding carboxylic acids is 1. The molecule has 1 saturated heterocycles. The van der Waals surface area contributed by atoms with E-state index < -0.39 is 0 Å². The summed E-state index contributed by atoms with van der Waals surface area (Å²) in [6.07, 6.45) is 1.53. The summed E-state index contributed by atoms with van der Waals surface area (Å²) >= 11 is 2.03. The molecule has 96 valence electrons. The third-order valence-electron chi connectivity index (χ3n) is 3.75. The van der Waals surface area contributed by atoms with Crippen LogP contribution < -0.4 is 10.2 Å². The highest BCUT2D eigenvalue weighted by Crippen LogP contribution is 2.34. The maximum atomic E-state index is 11.7. The zero-order valence-electron chi connectivity index (χ0n) is 10.6. The number of fused-ring (bicyclic) bond motifs is 1. The molecule has 0 aromatic heterocycles. The molecule has 2 aliphatic heterocycles. The Balaban J connectivity index is 1.89.